The second-order valence-electron chi connectivity index (χ2n) is 8.23. The Morgan fingerprint density at radius 1 is 1.23 bits per heavy atom. The molecule has 0 radical (unpaired) electrons. The first kappa shape index (κ1) is 18.0. The first-order valence-corrected chi connectivity index (χ1v) is 10.6. The number of fused-ring (bicyclic) bond motifs is 1. The van der Waals surface area contributed by atoms with Crippen molar-refractivity contribution in [3.63, 3.8) is 0 Å². The molecule has 1 N–H and O–H groups in total. The summed E-state index contributed by atoms with van der Waals surface area (Å²) in [6.07, 6.45) is 4.47. The van der Waals surface area contributed by atoms with Gasteiger partial charge in [-0.3, -0.25) is 9.59 Å². The number of likely N-dealkylation sites (tertiary alicyclic amines) is 1. The second-order valence-corrected chi connectivity index (χ2v) is 9.52. The van der Waals surface area contributed by atoms with Gasteiger partial charge >= 0.3 is 0 Å². The van der Waals surface area contributed by atoms with Crippen LogP contribution >= 0.6 is 11.3 Å². The standard InChI is InChI=1S/C20H28N2O3S/c1-12-3-6-19(26-12)20(24)22-9-15-7-17(21-13(2)23)18(8-16(15)10-22)25-11-14-4-5-14/h3,6,14-18H,4-5,7-11H2,1-2H3,(H,21,23)/t15-,16+,17-,18-/m1/s1. The fraction of sp³-hybridized carbons (Fsp3) is 0.700. The van der Waals surface area contributed by atoms with Crippen molar-refractivity contribution in [1.29, 1.82) is 0 Å². The van der Waals surface area contributed by atoms with Crippen LogP contribution < -0.4 is 5.32 Å². The zero-order chi connectivity index (χ0) is 18.3. The molecule has 142 valence electrons. The van der Waals surface area contributed by atoms with Gasteiger partial charge in [-0.15, -0.1) is 11.3 Å². The number of thiophene rings is 1. The van der Waals surface area contributed by atoms with Crippen LogP contribution in [0.25, 0.3) is 0 Å². The first-order valence-electron chi connectivity index (χ1n) is 9.74. The van der Waals surface area contributed by atoms with Crippen LogP contribution in [0.4, 0.5) is 0 Å². The fourth-order valence-corrected chi connectivity index (χ4v) is 5.26. The summed E-state index contributed by atoms with van der Waals surface area (Å²) in [6, 6.07) is 4.02. The Morgan fingerprint density at radius 2 is 1.96 bits per heavy atom. The summed E-state index contributed by atoms with van der Waals surface area (Å²) in [7, 11) is 0. The smallest absolute Gasteiger partial charge is 0.263 e. The Kier molecular flexibility index (Phi) is 5.06. The van der Waals surface area contributed by atoms with E-state index in [1.165, 1.54) is 17.7 Å². The van der Waals surface area contributed by atoms with E-state index >= 15 is 0 Å². The van der Waals surface area contributed by atoms with Crippen LogP contribution in [-0.4, -0.2) is 48.6 Å². The van der Waals surface area contributed by atoms with Crippen molar-refractivity contribution in [2.45, 2.75) is 51.7 Å². The third-order valence-corrected chi connectivity index (χ3v) is 6.98. The summed E-state index contributed by atoms with van der Waals surface area (Å²) in [6.45, 7) is 6.04. The lowest BCUT2D eigenvalue weighted by Crippen LogP contribution is -2.50. The largest absolute Gasteiger partial charge is 0.376 e. The van der Waals surface area contributed by atoms with Gasteiger partial charge in [0.2, 0.25) is 5.91 Å². The molecular formula is C20H28N2O3S. The lowest BCUT2D eigenvalue weighted by molar-refractivity contribution is -0.122. The summed E-state index contributed by atoms with van der Waals surface area (Å²) in [5.41, 5.74) is 0. The van der Waals surface area contributed by atoms with Crippen molar-refractivity contribution in [1.82, 2.24) is 10.2 Å². The highest BCUT2D eigenvalue weighted by Crippen LogP contribution is 2.39. The van der Waals surface area contributed by atoms with Crippen LogP contribution in [-0.2, 0) is 9.53 Å². The highest BCUT2D eigenvalue weighted by Gasteiger charge is 2.44. The van der Waals surface area contributed by atoms with Crippen LogP contribution in [0.1, 0.15) is 47.2 Å². The van der Waals surface area contributed by atoms with E-state index in [9.17, 15) is 9.59 Å². The lowest BCUT2D eigenvalue weighted by Gasteiger charge is -2.38. The van der Waals surface area contributed by atoms with Crippen LogP contribution in [0.5, 0.6) is 0 Å². The summed E-state index contributed by atoms with van der Waals surface area (Å²) in [4.78, 5) is 28.4. The molecule has 5 nitrogen and oxygen atoms in total. The summed E-state index contributed by atoms with van der Waals surface area (Å²) in [5.74, 6) is 1.82. The Hall–Kier alpha value is -1.40. The number of nitrogens with zero attached hydrogens (tertiary/aromatic N) is 1. The van der Waals surface area contributed by atoms with Crippen molar-refractivity contribution in [3.05, 3.63) is 21.9 Å². The normalized spacial score (nSPS) is 30.9. The molecular weight excluding hydrogens is 348 g/mol. The SMILES string of the molecule is CC(=O)N[C@@H]1C[C@@H]2CN(C(=O)c3ccc(C)s3)C[C@@H]2C[C@H]1OCC1CC1. The Balaban J connectivity index is 1.41. The average Bonchev–Trinajstić information content (AvgIpc) is 3.17. The molecule has 1 aromatic heterocycles. The number of hydrogen-bond donors (Lipinski definition) is 1. The van der Waals surface area contributed by atoms with Crippen LogP contribution in [0.3, 0.4) is 0 Å². The number of hydrogen-bond acceptors (Lipinski definition) is 4. The number of carbonyl (C=O) groups excluding carboxylic acids is 2. The van der Waals surface area contributed by atoms with Crippen LogP contribution in [0.15, 0.2) is 12.1 Å². The minimum Gasteiger partial charge on any atom is -0.376 e. The monoisotopic (exact) mass is 376 g/mol. The maximum absolute atomic E-state index is 12.8. The molecule has 6 heteroatoms. The molecule has 1 aromatic rings. The Morgan fingerprint density at radius 3 is 2.58 bits per heavy atom. The molecule has 2 aliphatic carbocycles. The quantitative estimate of drug-likeness (QED) is 0.860. The molecule has 26 heavy (non-hydrogen) atoms. The molecule has 0 aromatic carbocycles. The number of aryl methyl sites for hydroxylation is 1. The number of amides is 2. The highest BCUT2D eigenvalue weighted by atomic mass is 32.1. The molecule has 4 atom stereocenters. The van der Waals surface area contributed by atoms with Gasteiger partial charge in [0.1, 0.15) is 0 Å². The molecule has 2 amide bonds. The zero-order valence-corrected chi connectivity index (χ0v) is 16.4. The fourth-order valence-electron chi connectivity index (χ4n) is 4.43. The first-order chi connectivity index (χ1) is 12.5. The van der Waals surface area contributed by atoms with Crippen molar-refractivity contribution >= 4 is 23.2 Å². The topological polar surface area (TPSA) is 58.6 Å². The number of nitrogens with one attached hydrogen (secondary N) is 1. The van der Waals surface area contributed by atoms with Crippen LogP contribution in [0.2, 0.25) is 0 Å². The van der Waals surface area contributed by atoms with Crippen molar-refractivity contribution in [2.24, 2.45) is 17.8 Å². The molecule has 0 bridgehead atoms. The van der Waals surface area contributed by atoms with Crippen molar-refractivity contribution in [2.75, 3.05) is 19.7 Å². The highest BCUT2D eigenvalue weighted by molar-refractivity contribution is 7.13. The average molecular weight is 377 g/mol. The summed E-state index contributed by atoms with van der Waals surface area (Å²) < 4.78 is 6.20. The summed E-state index contributed by atoms with van der Waals surface area (Å²) >= 11 is 1.57. The maximum atomic E-state index is 12.8. The Bertz CT molecular complexity index is 684. The van der Waals surface area contributed by atoms with E-state index in [-0.39, 0.29) is 24.0 Å². The zero-order valence-electron chi connectivity index (χ0n) is 15.6. The van der Waals surface area contributed by atoms with E-state index in [1.54, 1.807) is 18.3 Å². The van der Waals surface area contributed by atoms with E-state index < -0.39 is 0 Å². The molecule has 3 aliphatic rings. The minimum absolute atomic E-state index is 0.00784. The van der Waals surface area contributed by atoms with Gasteiger partial charge in [0, 0.05) is 31.5 Å². The van der Waals surface area contributed by atoms with Gasteiger partial charge < -0.3 is 15.0 Å². The van der Waals surface area contributed by atoms with Gasteiger partial charge in [-0.05, 0) is 62.5 Å². The van der Waals surface area contributed by atoms with Gasteiger partial charge in [-0.1, -0.05) is 0 Å². The van der Waals surface area contributed by atoms with E-state index in [2.05, 4.69) is 5.32 Å². The number of rotatable bonds is 5. The molecule has 1 aliphatic heterocycles. The predicted octanol–water partition coefficient (Wildman–Crippen LogP) is 2.84. The Labute approximate surface area is 159 Å². The molecule has 2 heterocycles. The van der Waals surface area contributed by atoms with Gasteiger partial charge in [-0.25, -0.2) is 0 Å². The number of ether oxygens (including phenoxy) is 1. The van der Waals surface area contributed by atoms with Gasteiger partial charge in [0.15, 0.2) is 0 Å². The second kappa shape index (κ2) is 7.31. The summed E-state index contributed by atoms with van der Waals surface area (Å²) in [5, 5.41) is 3.10. The van der Waals surface area contributed by atoms with Gasteiger partial charge in [0.25, 0.3) is 5.91 Å². The van der Waals surface area contributed by atoms with E-state index in [4.69, 9.17) is 4.74 Å². The molecule has 2 saturated carbocycles. The third-order valence-electron chi connectivity index (χ3n) is 5.99. The van der Waals surface area contributed by atoms with E-state index in [0.29, 0.717) is 11.8 Å². The van der Waals surface area contributed by atoms with Crippen molar-refractivity contribution < 1.29 is 14.3 Å². The predicted molar refractivity (Wildman–Crippen MR) is 101 cm³/mol. The van der Waals surface area contributed by atoms with E-state index in [0.717, 1.165) is 43.3 Å². The molecule has 0 unspecified atom stereocenters. The molecule has 0 spiro atoms. The lowest BCUT2D eigenvalue weighted by atomic mass is 9.77. The number of carbonyl (C=O) groups is 2. The van der Waals surface area contributed by atoms with Crippen LogP contribution in [0, 0.1) is 24.7 Å². The molecule has 4 rings (SSSR count). The molecule has 1 saturated heterocycles. The third kappa shape index (κ3) is 3.96. The van der Waals surface area contributed by atoms with Crippen molar-refractivity contribution in [3.8, 4) is 0 Å². The van der Waals surface area contributed by atoms with Gasteiger partial charge in [-0.2, -0.15) is 0 Å². The minimum atomic E-state index is 0.00784. The van der Waals surface area contributed by atoms with Gasteiger partial charge in [0.05, 0.1) is 17.0 Å². The maximum Gasteiger partial charge on any atom is 0.263 e. The molecule has 3 fully saturated rings. The van der Waals surface area contributed by atoms with E-state index in [1.807, 2.05) is 24.0 Å².